The normalized spacial score (nSPS) is 15.6. The Morgan fingerprint density at radius 3 is 2.50 bits per heavy atom. The summed E-state index contributed by atoms with van der Waals surface area (Å²) in [5.41, 5.74) is 3.53. The molecule has 0 amide bonds. The number of methoxy groups -OCH3 is 2. The number of ether oxygens (including phenoxy) is 4. The van der Waals surface area contributed by atoms with Crippen LogP contribution in [-0.2, 0) is 6.42 Å². The Morgan fingerprint density at radius 1 is 1.00 bits per heavy atom. The number of hydrogen-bond acceptors (Lipinski definition) is 6. The summed E-state index contributed by atoms with van der Waals surface area (Å²) in [5, 5.41) is 3.65. The molecule has 1 aliphatic rings. The summed E-state index contributed by atoms with van der Waals surface area (Å²) in [4.78, 5) is 2.16. The van der Waals surface area contributed by atoms with Crippen LogP contribution >= 0.6 is 0 Å². The van der Waals surface area contributed by atoms with Crippen molar-refractivity contribution in [3.8, 4) is 23.0 Å². The van der Waals surface area contributed by atoms with Crippen molar-refractivity contribution in [2.45, 2.75) is 25.8 Å². The highest BCUT2D eigenvalue weighted by atomic mass is 16.5. The largest absolute Gasteiger partial charge is 0.493 e. The standard InChI is InChI=1S/C24H34N2O4/c1-6-29-24-18(9-7-10-20(24)27-4)23-19-16-22(30-14-8-13-26(2)3)21(28-5)15-17(19)11-12-25-23/h7,9-10,15-16,23,25H,6,8,11-14H2,1-5H3. The zero-order valence-corrected chi connectivity index (χ0v) is 18.8. The van der Waals surface area contributed by atoms with Crippen molar-refractivity contribution < 1.29 is 18.9 Å². The van der Waals surface area contributed by atoms with Crippen molar-refractivity contribution in [2.24, 2.45) is 0 Å². The lowest BCUT2D eigenvalue weighted by Crippen LogP contribution is -2.31. The van der Waals surface area contributed by atoms with Crippen LogP contribution in [0, 0.1) is 0 Å². The average molecular weight is 415 g/mol. The highest BCUT2D eigenvalue weighted by molar-refractivity contribution is 5.56. The minimum Gasteiger partial charge on any atom is -0.493 e. The maximum Gasteiger partial charge on any atom is 0.166 e. The molecule has 0 radical (unpaired) electrons. The van der Waals surface area contributed by atoms with Gasteiger partial charge < -0.3 is 29.2 Å². The molecule has 0 saturated carbocycles. The van der Waals surface area contributed by atoms with E-state index in [1.54, 1.807) is 14.2 Å². The summed E-state index contributed by atoms with van der Waals surface area (Å²) in [7, 11) is 7.51. The van der Waals surface area contributed by atoms with Crippen LogP contribution in [0.3, 0.4) is 0 Å². The highest BCUT2D eigenvalue weighted by Gasteiger charge is 2.27. The van der Waals surface area contributed by atoms with Gasteiger partial charge in [-0.2, -0.15) is 0 Å². The van der Waals surface area contributed by atoms with Gasteiger partial charge in [0.15, 0.2) is 23.0 Å². The Kier molecular flexibility index (Phi) is 7.82. The minimum absolute atomic E-state index is 0.000399. The second-order valence-corrected chi connectivity index (χ2v) is 7.66. The summed E-state index contributed by atoms with van der Waals surface area (Å²) in [6, 6.07) is 10.3. The Bertz CT molecular complexity index is 838. The fourth-order valence-electron chi connectivity index (χ4n) is 3.90. The van der Waals surface area contributed by atoms with E-state index in [4.69, 9.17) is 18.9 Å². The van der Waals surface area contributed by atoms with Crippen molar-refractivity contribution in [1.29, 1.82) is 0 Å². The smallest absolute Gasteiger partial charge is 0.166 e. The molecule has 6 nitrogen and oxygen atoms in total. The topological polar surface area (TPSA) is 52.2 Å². The molecule has 0 bridgehead atoms. The first-order valence-electron chi connectivity index (χ1n) is 10.6. The molecule has 30 heavy (non-hydrogen) atoms. The number of nitrogens with zero attached hydrogens (tertiary/aromatic N) is 1. The number of fused-ring (bicyclic) bond motifs is 1. The lowest BCUT2D eigenvalue weighted by atomic mass is 9.88. The van der Waals surface area contributed by atoms with Gasteiger partial charge in [-0.15, -0.1) is 0 Å². The minimum atomic E-state index is 0.000399. The van der Waals surface area contributed by atoms with E-state index in [-0.39, 0.29) is 6.04 Å². The predicted molar refractivity (Wildman–Crippen MR) is 119 cm³/mol. The second kappa shape index (κ2) is 10.5. The molecular weight excluding hydrogens is 380 g/mol. The van der Waals surface area contributed by atoms with Gasteiger partial charge in [-0.25, -0.2) is 0 Å². The van der Waals surface area contributed by atoms with E-state index < -0.39 is 0 Å². The molecule has 1 aliphatic heterocycles. The van der Waals surface area contributed by atoms with Crippen LogP contribution in [0.4, 0.5) is 0 Å². The van der Waals surface area contributed by atoms with Gasteiger partial charge >= 0.3 is 0 Å². The van der Waals surface area contributed by atoms with Crippen LogP contribution in [-0.4, -0.2) is 59.5 Å². The van der Waals surface area contributed by atoms with Crippen molar-refractivity contribution in [2.75, 3.05) is 54.6 Å². The van der Waals surface area contributed by atoms with Crippen LogP contribution < -0.4 is 24.3 Å². The fourth-order valence-corrected chi connectivity index (χ4v) is 3.90. The van der Waals surface area contributed by atoms with E-state index >= 15 is 0 Å². The lowest BCUT2D eigenvalue weighted by Gasteiger charge is -2.30. The van der Waals surface area contributed by atoms with E-state index in [0.717, 1.165) is 54.5 Å². The average Bonchev–Trinajstić information content (AvgIpc) is 2.76. The number of para-hydroxylation sites is 1. The summed E-state index contributed by atoms with van der Waals surface area (Å²) < 4.78 is 23.3. The molecule has 2 aromatic carbocycles. The third-order valence-electron chi connectivity index (χ3n) is 5.32. The molecule has 1 atom stereocenters. The molecule has 1 N–H and O–H groups in total. The Hall–Kier alpha value is -2.44. The summed E-state index contributed by atoms with van der Waals surface area (Å²) in [6.07, 6.45) is 1.90. The van der Waals surface area contributed by atoms with Crippen LogP contribution in [0.2, 0.25) is 0 Å². The van der Waals surface area contributed by atoms with E-state index in [1.165, 1.54) is 11.1 Å². The Labute approximate surface area is 180 Å². The molecule has 164 valence electrons. The summed E-state index contributed by atoms with van der Waals surface area (Å²) in [5.74, 6) is 3.11. The molecule has 1 unspecified atom stereocenters. The van der Waals surface area contributed by atoms with Crippen LogP contribution in [0.1, 0.15) is 36.1 Å². The van der Waals surface area contributed by atoms with E-state index in [1.807, 2.05) is 19.1 Å². The fraction of sp³-hybridized carbons (Fsp3) is 0.500. The van der Waals surface area contributed by atoms with Crippen molar-refractivity contribution in [3.05, 3.63) is 47.0 Å². The molecule has 2 aromatic rings. The first kappa shape index (κ1) is 22.2. The Balaban J connectivity index is 1.96. The van der Waals surface area contributed by atoms with E-state index in [2.05, 4.69) is 42.5 Å². The zero-order chi connectivity index (χ0) is 21.5. The van der Waals surface area contributed by atoms with Gasteiger partial charge in [0, 0.05) is 18.7 Å². The first-order valence-corrected chi connectivity index (χ1v) is 10.6. The molecule has 0 fully saturated rings. The molecule has 0 aliphatic carbocycles. The van der Waals surface area contributed by atoms with Gasteiger partial charge in [-0.3, -0.25) is 0 Å². The number of hydrogen-bond donors (Lipinski definition) is 1. The quantitative estimate of drug-likeness (QED) is 0.599. The molecule has 6 heteroatoms. The van der Waals surface area contributed by atoms with E-state index in [0.29, 0.717) is 13.2 Å². The van der Waals surface area contributed by atoms with Gasteiger partial charge in [0.25, 0.3) is 0 Å². The molecule has 3 rings (SSSR count). The maximum absolute atomic E-state index is 6.12. The third-order valence-corrected chi connectivity index (χ3v) is 5.32. The predicted octanol–water partition coefficient (Wildman–Crippen LogP) is 3.67. The monoisotopic (exact) mass is 414 g/mol. The number of rotatable bonds is 10. The van der Waals surface area contributed by atoms with Crippen molar-refractivity contribution in [3.63, 3.8) is 0 Å². The molecule has 0 spiro atoms. The second-order valence-electron chi connectivity index (χ2n) is 7.66. The third kappa shape index (κ3) is 4.99. The first-order chi connectivity index (χ1) is 14.6. The SMILES string of the molecule is CCOc1c(OC)cccc1C1NCCc2cc(OC)c(OCCCN(C)C)cc21. The van der Waals surface area contributed by atoms with Crippen molar-refractivity contribution >= 4 is 0 Å². The highest BCUT2D eigenvalue weighted by Crippen LogP contribution is 2.42. The van der Waals surface area contributed by atoms with Gasteiger partial charge in [0.2, 0.25) is 0 Å². The number of nitrogens with one attached hydrogen (secondary N) is 1. The van der Waals surface area contributed by atoms with Gasteiger partial charge in [0.1, 0.15) is 0 Å². The number of benzene rings is 2. The Morgan fingerprint density at radius 2 is 1.80 bits per heavy atom. The van der Waals surface area contributed by atoms with Crippen LogP contribution in [0.15, 0.2) is 30.3 Å². The van der Waals surface area contributed by atoms with Crippen LogP contribution in [0.5, 0.6) is 23.0 Å². The summed E-state index contributed by atoms with van der Waals surface area (Å²) in [6.45, 7) is 5.08. The lowest BCUT2D eigenvalue weighted by molar-refractivity contribution is 0.267. The van der Waals surface area contributed by atoms with Gasteiger partial charge in [-0.05, 0) is 63.2 Å². The van der Waals surface area contributed by atoms with Crippen LogP contribution in [0.25, 0.3) is 0 Å². The van der Waals surface area contributed by atoms with E-state index in [9.17, 15) is 0 Å². The zero-order valence-electron chi connectivity index (χ0n) is 18.8. The summed E-state index contributed by atoms with van der Waals surface area (Å²) >= 11 is 0. The van der Waals surface area contributed by atoms with Crippen molar-refractivity contribution in [1.82, 2.24) is 10.2 Å². The molecular formula is C24H34N2O4. The molecule has 1 heterocycles. The molecule has 0 aromatic heterocycles. The molecule has 0 saturated heterocycles. The van der Waals surface area contributed by atoms with Gasteiger partial charge in [0.05, 0.1) is 33.5 Å². The van der Waals surface area contributed by atoms with Gasteiger partial charge in [-0.1, -0.05) is 12.1 Å². The maximum atomic E-state index is 6.12.